The summed E-state index contributed by atoms with van der Waals surface area (Å²) in [6, 6.07) is 16.9. The van der Waals surface area contributed by atoms with Gasteiger partial charge >= 0.3 is 5.97 Å². The maximum Gasteiger partial charge on any atom is 0.311 e. The number of hydrogen-bond donors (Lipinski definition) is 0. The van der Waals surface area contributed by atoms with Crippen LogP contribution in [0.4, 0.5) is 0 Å². The topological polar surface area (TPSA) is 59.3 Å². The predicted octanol–water partition coefficient (Wildman–Crippen LogP) is 4.09. The molecule has 1 aliphatic heterocycles. The van der Waals surface area contributed by atoms with E-state index in [9.17, 15) is 4.79 Å². The van der Waals surface area contributed by atoms with Crippen molar-refractivity contribution in [1.29, 1.82) is 5.26 Å². The Morgan fingerprint density at radius 2 is 1.79 bits per heavy atom. The van der Waals surface area contributed by atoms with Crippen LogP contribution >= 0.6 is 0 Å². The lowest BCUT2D eigenvalue weighted by molar-refractivity contribution is -0.135. The first kappa shape index (κ1) is 16.2. The zero-order chi connectivity index (χ0) is 16.8. The van der Waals surface area contributed by atoms with E-state index in [0.29, 0.717) is 17.7 Å². The third kappa shape index (κ3) is 4.21. The van der Waals surface area contributed by atoms with Gasteiger partial charge in [-0.05, 0) is 54.7 Å². The van der Waals surface area contributed by atoms with E-state index in [1.54, 1.807) is 24.3 Å². The number of carbonyl (C=O) groups is 1. The normalized spacial score (nSPS) is 16.5. The van der Waals surface area contributed by atoms with Gasteiger partial charge in [-0.25, -0.2) is 0 Å². The predicted molar refractivity (Wildman–Crippen MR) is 90.4 cm³/mol. The molecule has 0 radical (unpaired) electrons. The van der Waals surface area contributed by atoms with Gasteiger partial charge in [-0.2, -0.15) is 5.26 Å². The first-order chi connectivity index (χ1) is 11.7. The molecular weight excluding hydrogens is 302 g/mol. The van der Waals surface area contributed by atoms with Crippen molar-refractivity contribution < 1.29 is 14.3 Å². The van der Waals surface area contributed by atoms with Gasteiger partial charge in [0.1, 0.15) is 5.75 Å². The molecule has 4 nitrogen and oxygen atoms in total. The first-order valence-corrected chi connectivity index (χ1v) is 8.17. The van der Waals surface area contributed by atoms with Crippen molar-refractivity contribution in [2.24, 2.45) is 0 Å². The summed E-state index contributed by atoms with van der Waals surface area (Å²) in [5.74, 6) is 0.321. The average Bonchev–Trinajstić information content (AvgIpc) is 3.14. The van der Waals surface area contributed by atoms with Gasteiger partial charge in [-0.1, -0.05) is 24.3 Å². The van der Waals surface area contributed by atoms with Crippen molar-refractivity contribution in [2.75, 3.05) is 6.61 Å². The highest BCUT2D eigenvalue weighted by molar-refractivity contribution is 5.73. The molecule has 4 heteroatoms. The van der Waals surface area contributed by atoms with Crippen LogP contribution in [0.1, 0.15) is 31.2 Å². The lowest BCUT2D eigenvalue weighted by atomic mass is 10.0. The highest BCUT2D eigenvalue weighted by atomic mass is 16.5. The van der Waals surface area contributed by atoms with E-state index in [2.05, 4.69) is 6.07 Å². The fourth-order valence-corrected chi connectivity index (χ4v) is 2.79. The number of nitriles is 1. The summed E-state index contributed by atoms with van der Waals surface area (Å²) in [7, 11) is 0. The zero-order valence-electron chi connectivity index (χ0n) is 13.4. The van der Waals surface area contributed by atoms with Crippen molar-refractivity contribution in [3.05, 3.63) is 54.1 Å². The van der Waals surface area contributed by atoms with E-state index in [1.165, 1.54) is 0 Å². The highest BCUT2D eigenvalue weighted by Crippen LogP contribution is 2.23. The van der Waals surface area contributed by atoms with Crippen LogP contribution in [0.2, 0.25) is 0 Å². The van der Waals surface area contributed by atoms with Gasteiger partial charge in [0.2, 0.25) is 0 Å². The van der Waals surface area contributed by atoms with Crippen LogP contribution in [0, 0.1) is 11.3 Å². The molecule has 0 spiro atoms. The zero-order valence-corrected chi connectivity index (χ0v) is 13.4. The molecule has 0 bridgehead atoms. The van der Waals surface area contributed by atoms with Gasteiger partial charge in [0.25, 0.3) is 0 Å². The number of hydrogen-bond acceptors (Lipinski definition) is 4. The minimum Gasteiger partial charge on any atom is -0.427 e. The molecule has 1 fully saturated rings. The van der Waals surface area contributed by atoms with Gasteiger partial charge in [0.05, 0.1) is 17.7 Å². The van der Waals surface area contributed by atoms with E-state index in [0.717, 1.165) is 37.0 Å². The Bertz CT molecular complexity index is 723. The summed E-state index contributed by atoms with van der Waals surface area (Å²) in [6.45, 7) is 0.802. The number of benzene rings is 2. The Balaban J connectivity index is 1.55. The Morgan fingerprint density at radius 1 is 1.12 bits per heavy atom. The lowest BCUT2D eigenvalue weighted by Gasteiger charge is -2.09. The third-order valence-electron chi connectivity index (χ3n) is 4.13. The monoisotopic (exact) mass is 321 g/mol. The number of carbonyl (C=O) groups excluding carboxylic acids is 1. The largest absolute Gasteiger partial charge is 0.427 e. The summed E-state index contributed by atoms with van der Waals surface area (Å²) in [6.07, 6.45) is 3.42. The second-order valence-corrected chi connectivity index (χ2v) is 5.86. The van der Waals surface area contributed by atoms with E-state index >= 15 is 0 Å². The van der Waals surface area contributed by atoms with E-state index in [4.69, 9.17) is 14.7 Å². The Kier molecular flexibility index (Phi) is 5.25. The number of rotatable bonds is 5. The average molecular weight is 321 g/mol. The molecule has 0 aromatic heterocycles. The minimum atomic E-state index is -0.225. The smallest absolute Gasteiger partial charge is 0.311 e. The molecule has 24 heavy (non-hydrogen) atoms. The van der Waals surface area contributed by atoms with Crippen LogP contribution in [0.5, 0.6) is 5.75 Å². The Morgan fingerprint density at radius 3 is 2.38 bits per heavy atom. The van der Waals surface area contributed by atoms with Crippen molar-refractivity contribution >= 4 is 5.97 Å². The van der Waals surface area contributed by atoms with Crippen LogP contribution in [0.25, 0.3) is 11.1 Å². The SMILES string of the molecule is N#Cc1ccc(-c2ccc(OC(=O)CCC3CCCO3)cc2)cc1. The van der Waals surface area contributed by atoms with Gasteiger partial charge in [-0.15, -0.1) is 0 Å². The van der Waals surface area contributed by atoms with Crippen molar-refractivity contribution in [3.63, 3.8) is 0 Å². The molecule has 122 valence electrons. The maximum absolute atomic E-state index is 11.9. The van der Waals surface area contributed by atoms with Crippen LogP contribution < -0.4 is 4.74 Å². The molecule has 1 saturated heterocycles. The van der Waals surface area contributed by atoms with Crippen molar-refractivity contribution in [2.45, 2.75) is 31.8 Å². The van der Waals surface area contributed by atoms with Gasteiger partial charge < -0.3 is 9.47 Å². The quantitative estimate of drug-likeness (QED) is 0.615. The molecule has 2 aromatic carbocycles. The van der Waals surface area contributed by atoms with Crippen LogP contribution in [0.3, 0.4) is 0 Å². The Hall–Kier alpha value is -2.64. The summed E-state index contributed by atoms with van der Waals surface area (Å²) in [4.78, 5) is 11.9. The van der Waals surface area contributed by atoms with Gasteiger partial charge in [-0.3, -0.25) is 4.79 Å². The standard InChI is InChI=1S/C20H19NO3/c21-14-15-3-5-16(6-4-15)17-7-9-19(10-8-17)24-20(22)12-11-18-2-1-13-23-18/h3-10,18H,1-2,11-13H2. The summed E-state index contributed by atoms with van der Waals surface area (Å²) >= 11 is 0. The summed E-state index contributed by atoms with van der Waals surface area (Å²) in [5.41, 5.74) is 2.67. The molecule has 0 N–H and O–H groups in total. The van der Waals surface area contributed by atoms with E-state index < -0.39 is 0 Å². The second-order valence-electron chi connectivity index (χ2n) is 5.86. The first-order valence-electron chi connectivity index (χ1n) is 8.17. The lowest BCUT2D eigenvalue weighted by Crippen LogP contribution is -2.13. The molecule has 0 aliphatic carbocycles. The number of nitrogens with zero attached hydrogens (tertiary/aromatic N) is 1. The summed E-state index contributed by atoms with van der Waals surface area (Å²) < 4.78 is 10.9. The molecule has 0 saturated carbocycles. The molecule has 1 atom stereocenters. The van der Waals surface area contributed by atoms with Crippen LogP contribution in [0.15, 0.2) is 48.5 Å². The Labute approximate surface area is 141 Å². The fraction of sp³-hybridized carbons (Fsp3) is 0.300. The van der Waals surface area contributed by atoms with Crippen LogP contribution in [-0.4, -0.2) is 18.7 Å². The summed E-state index contributed by atoms with van der Waals surface area (Å²) in [5, 5.41) is 8.83. The second kappa shape index (κ2) is 7.76. The number of ether oxygens (including phenoxy) is 2. The fourth-order valence-electron chi connectivity index (χ4n) is 2.79. The maximum atomic E-state index is 11.9. The molecule has 1 heterocycles. The molecule has 0 amide bonds. The van der Waals surface area contributed by atoms with E-state index in [-0.39, 0.29) is 12.1 Å². The van der Waals surface area contributed by atoms with Crippen molar-refractivity contribution in [1.82, 2.24) is 0 Å². The van der Waals surface area contributed by atoms with E-state index in [1.807, 2.05) is 24.3 Å². The molecule has 3 rings (SSSR count). The minimum absolute atomic E-state index is 0.205. The molecular formula is C20H19NO3. The van der Waals surface area contributed by atoms with Gasteiger partial charge in [0.15, 0.2) is 0 Å². The third-order valence-corrected chi connectivity index (χ3v) is 4.13. The molecule has 1 aliphatic rings. The molecule has 2 aromatic rings. The van der Waals surface area contributed by atoms with Crippen LogP contribution in [-0.2, 0) is 9.53 Å². The number of esters is 1. The molecule has 1 unspecified atom stereocenters. The van der Waals surface area contributed by atoms with Crippen molar-refractivity contribution in [3.8, 4) is 22.9 Å². The highest BCUT2D eigenvalue weighted by Gasteiger charge is 2.17. The van der Waals surface area contributed by atoms with Gasteiger partial charge in [0, 0.05) is 13.0 Å².